The molecular formula is C14H20N4O. The number of carbonyl (C=O) groups excluding carboxylic acids is 1. The fraction of sp³-hybridized carbons (Fsp3) is 0.429. The van der Waals surface area contributed by atoms with Crippen molar-refractivity contribution in [2.45, 2.75) is 25.9 Å². The highest BCUT2D eigenvalue weighted by Crippen LogP contribution is 2.15. The number of nitrogens with two attached hydrogens (primary N) is 1. The zero-order valence-corrected chi connectivity index (χ0v) is 11.6. The molecule has 0 fully saturated rings. The maximum atomic E-state index is 11.9. The quantitative estimate of drug-likeness (QED) is 0.900. The number of nitrogens with zero attached hydrogens (tertiary/aromatic N) is 3. The van der Waals surface area contributed by atoms with Crippen molar-refractivity contribution >= 4 is 16.9 Å². The van der Waals surface area contributed by atoms with Gasteiger partial charge in [0.2, 0.25) is 5.91 Å². The van der Waals surface area contributed by atoms with Crippen LogP contribution >= 0.6 is 0 Å². The van der Waals surface area contributed by atoms with Crippen molar-refractivity contribution in [3.63, 3.8) is 0 Å². The lowest BCUT2D eigenvalue weighted by Crippen LogP contribution is -2.31. The summed E-state index contributed by atoms with van der Waals surface area (Å²) in [6, 6.07) is 5.97. The van der Waals surface area contributed by atoms with E-state index < -0.39 is 0 Å². The topological polar surface area (TPSA) is 64.2 Å². The Kier molecular flexibility index (Phi) is 3.85. The van der Waals surface area contributed by atoms with Gasteiger partial charge in [-0.2, -0.15) is 0 Å². The smallest absolute Gasteiger partial charge is 0.224 e. The van der Waals surface area contributed by atoms with Gasteiger partial charge in [-0.1, -0.05) is 6.07 Å². The lowest BCUT2D eigenvalue weighted by Gasteiger charge is -2.18. The average molecular weight is 260 g/mol. The zero-order chi connectivity index (χ0) is 14.0. The molecule has 102 valence electrons. The first-order valence-electron chi connectivity index (χ1n) is 6.37. The number of imidazole rings is 1. The van der Waals surface area contributed by atoms with Crippen LogP contribution in [0.4, 0.5) is 0 Å². The minimum absolute atomic E-state index is 0.0658. The van der Waals surface area contributed by atoms with E-state index in [2.05, 4.69) is 4.98 Å². The third-order valence-corrected chi connectivity index (χ3v) is 3.13. The molecule has 0 spiro atoms. The van der Waals surface area contributed by atoms with E-state index in [1.54, 1.807) is 18.3 Å². The van der Waals surface area contributed by atoms with Crippen molar-refractivity contribution in [2.24, 2.45) is 12.8 Å². The predicted octanol–water partition coefficient (Wildman–Crippen LogP) is 1.27. The maximum Gasteiger partial charge on any atom is 0.224 e. The second-order valence-electron chi connectivity index (χ2n) is 5.11. The highest BCUT2D eigenvalue weighted by Gasteiger charge is 2.11. The van der Waals surface area contributed by atoms with Crippen molar-refractivity contribution in [2.75, 3.05) is 7.05 Å². The van der Waals surface area contributed by atoms with Crippen LogP contribution in [-0.4, -0.2) is 33.4 Å². The molecule has 1 aromatic heterocycles. The zero-order valence-electron chi connectivity index (χ0n) is 11.6. The number of rotatable bonds is 4. The molecule has 5 heteroatoms. The number of hydrogen-bond acceptors (Lipinski definition) is 3. The van der Waals surface area contributed by atoms with Gasteiger partial charge in [-0.3, -0.25) is 4.79 Å². The summed E-state index contributed by atoms with van der Waals surface area (Å²) >= 11 is 0. The molecule has 1 atom stereocenters. The van der Waals surface area contributed by atoms with E-state index in [0.29, 0.717) is 13.0 Å². The van der Waals surface area contributed by atoms with Crippen LogP contribution in [0.2, 0.25) is 0 Å². The van der Waals surface area contributed by atoms with E-state index >= 15 is 0 Å². The highest BCUT2D eigenvalue weighted by atomic mass is 16.2. The van der Waals surface area contributed by atoms with E-state index in [4.69, 9.17) is 5.73 Å². The van der Waals surface area contributed by atoms with Gasteiger partial charge in [0, 0.05) is 33.1 Å². The molecule has 2 rings (SSSR count). The number of amides is 1. The lowest BCUT2D eigenvalue weighted by atomic mass is 10.1. The molecule has 0 bridgehead atoms. The van der Waals surface area contributed by atoms with Crippen molar-refractivity contribution in [3.8, 4) is 0 Å². The van der Waals surface area contributed by atoms with Gasteiger partial charge in [-0.15, -0.1) is 0 Å². The Hall–Kier alpha value is -1.88. The molecule has 1 heterocycles. The monoisotopic (exact) mass is 260 g/mol. The van der Waals surface area contributed by atoms with Crippen molar-refractivity contribution < 1.29 is 4.79 Å². The van der Waals surface area contributed by atoms with Gasteiger partial charge in [0.25, 0.3) is 0 Å². The summed E-state index contributed by atoms with van der Waals surface area (Å²) < 4.78 is 1.98. The molecule has 19 heavy (non-hydrogen) atoms. The van der Waals surface area contributed by atoms with Crippen LogP contribution in [0, 0.1) is 0 Å². The van der Waals surface area contributed by atoms with E-state index in [1.807, 2.05) is 36.7 Å². The summed E-state index contributed by atoms with van der Waals surface area (Å²) in [4.78, 5) is 17.9. The molecule has 0 saturated heterocycles. The van der Waals surface area contributed by atoms with Crippen LogP contribution in [-0.2, 0) is 18.4 Å². The van der Waals surface area contributed by atoms with E-state index in [0.717, 1.165) is 16.6 Å². The Morgan fingerprint density at radius 2 is 2.26 bits per heavy atom. The molecule has 0 aliphatic carbocycles. The summed E-state index contributed by atoms with van der Waals surface area (Å²) in [5.41, 5.74) is 8.76. The van der Waals surface area contributed by atoms with Crippen LogP contribution in [0.1, 0.15) is 18.9 Å². The third-order valence-electron chi connectivity index (χ3n) is 3.13. The van der Waals surface area contributed by atoms with E-state index in [-0.39, 0.29) is 11.9 Å². The number of hydrogen-bond donors (Lipinski definition) is 1. The highest BCUT2D eigenvalue weighted by molar-refractivity contribution is 5.78. The third kappa shape index (κ3) is 3.12. The first kappa shape index (κ1) is 13.5. The van der Waals surface area contributed by atoms with Gasteiger partial charge in [0.05, 0.1) is 17.4 Å². The molecule has 2 N–H and O–H groups in total. The summed E-state index contributed by atoms with van der Waals surface area (Å²) in [6.07, 6.45) is 2.17. The Morgan fingerprint density at radius 1 is 1.53 bits per heavy atom. The number of aryl methyl sites for hydroxylation is 1. The molecule has 0 saturated carbocycles. The van der Waals surface area contributed by atoms with Crippen molar-refractivity contribution in [1.29, 1.82) is 0 Å². The fourth-order valence-corrected chi connectivity index (χ4v) is 2.07. The number of carbonyl (C=O) groups is 1. The molecular weight excluding hydrogens is 240 g/mol. The van der Waals surface area contributed by atoms with Gasteiger partial charge in [-0.25, -0.2) is 4.98 Å². The molecule has 0 aliphatic heterocycles. The molecule has 0 aliphatic rings. The Labute approximate surface area is 113 Å². The minimum atomic E-state index is -0.103. The molecule has 1 unspecified atom stereocenters. The first-order chi connectivity index (χ1) is 8.97. The number of aromatic nitrogens is 2. The maximum absolute atomic E-state index is 11.9. The first-order valence-corrected chi connectivity index (χ1v) is 6.37. The molecule has 0 radical (unpaired) electrons. The number of fused-ring (bicyclic) bond motifs is 1. The molecule has 5 nitrogen and oxygen atoms in total. The van der Waals surface area contributed by atoms with Gasteiger partial charge in [0.15, 0.2) is 0 Å². The Balaban J connectivity index is 2.10. The predicted molar refractivity (Wildman–Crippen MR) is 75.5 cm³/mol. The largest absolute Gasteiger partial charge is 0.341 e. The lowest BCUT2D eigenvalue weighted by molar-refractivity contribution is -0.130. The van der Waals surface area contributed by atoms with Crippen LogP contribution in [0.15, 0.2) is 24.5 Å². The number of benzene rings is 1. The molecule has 2 aromatic rings. The van der Waals surface area contributed by atoms with Crippen LogP contribution < -0.4 is 5.73 Å². The average Bonchev–Trinajstić information content (AvgIpc) is 2.70. The summed E-state index contributed by atoms with van der Waals surface area (Å²) in [5.74, 6) is 0.0658. The van der Waals surface area contributed by atoms with Gasteiger partial charge in [-0.05, 0) is 24.6 Å². The van der Waals surface area contributed by atoms with Crippen molar-refractivity contribution in [1.82, 2.24) is 14.5 Å². The van der Waals surface area contributed by atoms with Crippen LogP contribution in [0.5, 0.6) is 0 Å². The molecule has 1 amide bonds. The second-order valence-corrected chi connectivity index (χ2v) is 5.11. The Bertz CT molecular complexity index is 588. The summed E-state index contributed by atoms with van der Waals surface area (Å²) in [7, 11) is 3.76. The normalized spacial score (nSPS) is 12.6. The van der Waals surface area contributed by atoms with E-state index in [9.17, 15) is 4.79 Å². The van der Waals surface area contributed by atoms with Crippen LogP contribution in [0.25, 0.3) is 11.0 Å². The fourth-order valence-electron chi connectivity index (χ4n) is 2.07. The van der Waals surface area contributed by atoms with Crippen molar-refractivity contribution in [3.05, 3.63) is 30.1 Å². The summed E-state index contributed by atoms with van der Waals surface area (Å²) in [6.45, 7) is 2.42. The van der Waals surface area contributed by atoms with Gasteiger partial charge in [0.1, 0.15) is 0 Å². The SMILES string of the molecule is CC(N)CC(=O)N(C)Cc1ccc2c(c1)ncn2C. The Morgan fingerprint density at radius 3 is 2.95 bits per heavy atom. The summed E-state index contributed by atoms with van der Waals surface area (Å²) in [5, 5.41) is 0. The van der Waals surface area contributed by atoms with Gasteiger partial charge < -0.3 is 15.2 Å². The van der Waals surface area contributed by atoms with Gasteiger partial charge >= 0.3 is 0 Å². The minimum Gasteiger partial charge on any atom is -0.341 e. The second kappa shape index (κ2) is 5.40. The van der Waals surface area contributed by atoms with E-state index in [1.165, 1.54) is 0 Å². The standard InChI is InChI=1S/C14H20N4O/c1-10(15)6-14(19)17(2)8-11-4-5-13-12(7-11)16-9-18(13)3/h4-5,7,9-10H,6,8,15H2,1-3H3. The molecule has 1 aromatic carbocycles. The van der Waals surface area contributed by atoms with Crippen LogP contribution in [0.3, 0.4) is 0 Å².